The summed E-state index contributed by atoms with van der Waals surface area (Å²) >= 11 is 12.2. The molecule has 0 aliphatic heterocycles. The molecule has 12 heteroatoms. The van der Waals surface area contributed by atoms with Crippen molar-refractivity contribution in [2.45, 2.75) is 4.90 Å². The van der Waals surface area contributed by atoms with Gasteiger partial charge >= 0.3 is 0 Å². The minimum atomic E-state index is -3.87. The number of amides is 1. The Bertz CT molecular complexity index is 1380. The molecule has 1 amide bonds. The van der Waals surface area contributed by atoms with E-state index < -0.39 is 15.9 Å². The van der Waals surface area contributed by atoms with Crippen molar-refractivity contribution in [3.63, 3.8) is 0 Å². The van der Waals surface area contributed by atoms with E-state index in [1.807, 2.05) is 0 Å². The number of nitrogens with zero attached hydrogens (tertiary/aromatic N) is 3. The van der Waals surface area contributed by atoms with Gasteiger partial charge in [-0.15, -0.1) is 0 Å². The summed E-state index contributed by atoms with van der Waals surface area (Å²) in [5.41, 5.74) is 1.62. The Morgan fingerprint density at radius 3 is 2.41 bits per heavy atom. The number of hydrogen-bond acceptors (Lipinski definition) is 6. The Kier molecular flexibility index (Phi) is 6.08. The lowest BCUT2D eigenvalue weighted by Gasteiger charge is -2.08. The minimum absolute atomic E-state index is 0.0117. The third-order valence-corrected chi connectivity index (χ3v) is 6.15. The molecule has 0 unspecified atom stereocenters. The van der Waals surface area contributed by atoms with Gasteiger partial charge in [-0.2, -0.15) is 5.10 Å². The highest BCUT2D eigenvalue weighted by molar-refractivity contribution is 7.92. The van der Waals surface area contributed by atoms with Crippen LogP contribution in [0.25, 0.3) is 11.3 Å². The average Bonchev–Trinajstić information content (AvgIpc) is 3.26. The van der Waals surface area contributed by atoms with Crippen molar-refractivity contribution in [2.24, 2.45) is 0 Å². The van der Waals surface area contributed by atoms with Gasteiger partial charge in [-0.05, 0) is 54.6 Å². The molecule has 0 aliphatic carbocycles. The lowest BCUT2D eigenvalue weighted by atomic mass is 10.1. The number of benzene rings is 2. The van der Waals surface area contributed by atoms with Crippen molar-refractivity contribution >= 4 is 50.8 Å². The van der Waals surface area contributed by atoms with Crippen LogP contribution in [-0.2, 0) is 10.0 Å². The van der Waals surface area contributed by atoms with Crippen LogP contribution in [0.3, 0.4) is 0 Å². The number of anilines is 2. The highest BCUT2D eigenvalue weighted by Crippen LogP contribution is 2.29. The van der Waals surface area contributed by atoms with Crippen LogP contribution in [0.1, 0.15) is 10.5 Å². The van der Waals surface area contributed by atoms with Crippen molar-refractivity contribution in [1.29, 1.82) is 0 Å². The maximum atomic E-state index is 12.5. The van der Waals surface area contributed by atoms with E-state index in [0.717, 1.165) is 0 Å². The summed E-state index contributed by atoms with van der Waals surface area (Å²) in [7, 11) is -3.87. The molecule has 0 bridgehead atoms. The monoisotopic (exact) mass is 488 g/mol. The first-order chi connectivity index (χ1) is 15.3. The van der Waals surface area contributed by atoms with E-state index >= 15 is 0 Å². The Morgan fingerprint density at radius 1 is 0.969 bits per heavy atom. The van der Waals surface area contributed by atoms with Gasteiger partial charge in [-0.3, -0.25) is 9.89 Å². The van der Waals surface area contributed by atoms with E-state index in [9.17, 15) is 13.2 Å². The fraction of sp³-hybridized carbons (Fsp3) is 0. The molecule has 0 radical (unpaired) electrons. The van der Waals surface area contributed by atoms with Gasteiger partial charge in [0.05, 0.1) is 15.6 Å². The second kappa shape index (κ2) is 8.95. The smallest absolute Gasteiger partial charge is 0.273 e. The zero-order valence-corrected chi connectivity index (χ0v) is 18.4. The Hall–Kier alpha value is -3.47. The summed E-state index contributed by atoms with van der Waals surface area (Å²) in [6.07, 6.45) is 2.84. The van der Waals surface area contributed by atoms with Crippen LogP contribution in [0.15, 0.2) is 71.9 Å². The van der Waals surface area contributed by atoms with Gasteiger partial charge in [0.1, 0.15) is 5.69 Å². The number of rotatable bonds is 6. The topological polar surface area (TPSA) is 130 Å². The molecule has 0 fully saturated rings. The fourth-order valence-electron chi connectivity index (χ4n) is 2.72. The predicted octanol–water partition coefficient (Wildman–Crippen LogP) is 4.23. The molecule has 0 atom stereocenters. The Labute approximate surface area is 192 Å². The summed E-state index contributed by atoms with van der Waals surface area (Å²) in [5, 5.41) is 10.4. The van der Waals surface area contributed by atoms with Crippen molar-refractivity contribution in [2.75, 3.05) is 10.0 Å². The molecule has 2 aromatic heterocycles. The maximum absolute atomic E-state index is 12.5. The first-order valence-electron chi connectivity index (χ1n) is 9.04. The van der Waals surface area contributed by atoms with Gasteiger partial charge in [0.15, 0.2) is 0 Å². The van der Waals surface area contributed by atoms with Crippen LogP contribution in [0.2, 0.25) is 10.0 Å². The fourth-order valence-corrected chi connectivity index (χ4v) is 4.06. The largest absolute Gasteiger partial charge is 0.321 e. The van der Waals surface area contributed by atoms with Crippen molar-refractivity contribution < 1.29 is 13.2 Å². The van der Waals surface area contributed by atoms with E-state index in [2.05, 4.69) is 30.2 Å². The summed E-state index contributed by atoms with van der Waals surface area (Å²) in [6.45, 7) is 0. The van der Waals surface area contributed by atoms with E-state index in [1.165, 1.54) is 42.7 Å². The van der Waals surface area contributed by atoms with Gasteiger partial charge in [0.2, 0.25) is 5.95 Å². The predicted molar refractivity (Wildman–Crippen MR) is 121 cm³/mol. The quantitative estimate of drug-likeness (QED) is 0.372. The zero-order chi connectivity index (χ0) is 22.7. The SMILES string of the molecule is O=C(Nc1ccc(S(=O)(=O)Nc2ncccn2)cc1)c1cc(-c2cc(Cl)ccc2Cl)n[nH]1. The number of halogens is 2. The van der Waals surface area contributed by atoms with E-state index in [0.29, 0.717) is 27.0 Å². The number of nitrogens with one attached hydrogen (secondary N) is 3. The van der Waals surface area contributed by atoms with E-state index in [1.54, 1.807) is 24.3 Å². The Balaban J connectivity index is 1.46. The van der Waals surface area contributed by atoms with Crippen LogP contribution >= 0.6 is 23.2 Å². The van der Waals surface area contributed by atoms with Crippen LogP contribution < -0.4 is 10.0 Å². The number of H-pyrrole nitrogens is 1. The summed E-state index contributed by atoms with van der Waals surface area (Å²) in [5.74, 6) is -0.506. The normalized spacial score (nSPS) is 11.2. The molecule has 0 spiro atoms. The molecule has 2 heterocycles. The molecule has 3 N–H and O–H groups in total. The molecule has 0 saturated carbocycles. The van der Waals surface area contributed by atoms with Gasteiger partial charge < -0.3 is 5.32 Å². The summed E-state index contributed by atoms with van der Waals surface area (Å²) in [6, 6.07) is 13.7. The molecule has 0 aliphatic rings. The van der Waals surface area contributed by atoms with Crippen molar-refractivity contribution in [1.82, 2.24) is 20.2 Å². The van der Waals surface area contributed by atoms with Gasteiger partial charge in [-0.25, -0.2) is 23.1 Å². The summed E-state index contributed by atoms with van der Waals surface area (Å²) < 4.78 is 27.1. The highest BCUT2D eigenvalue weighted by Gasteiger charge is 2.17. The average molecular weight is 489 g/mol. The first-order valence-corrected chi connectivity index (χ1v) is 11.3. The number of sulfonamides is 1. The molecule has 0 saturated heterocycles. The van der Waals surface area contributed by atoms with E-state index in [4.69, 9.17) is 23.2 Å². The third-order valence-electron chi connectivity index (χ3n) is 4.24. The minimum Gasteiger partial charge on any atom is -0.321 e. The van der Waals surface area contributed by atoms with Gasteiger partial charge in [0.25, 0.3) is 15.9 Å². The third kappa shape index (κ3) is 4.88. The molecule has 9 nitrogen and oxygen atoms in total. The van der Waals surface area contributed by atoms with Crippen LogP contribution in [-0.4, -0.2) is 34.5 Å². The van der Waals surface area contributed by atoms with Gasteiger partial charge in [0, 0.05) is 28.7 Å². The standard InChI is InChI=1S/C20H14Cl2N6O3S/c21-12-2-7-16(22)15(10-12)17-11-18(27-26-17)19(29)25-13-3-5-14(6-4-13)32(30,31)28-20-23-8-1-9-24-20/h1-11H,(H,25,29)(H,26,27)(H,23,24,28). The Morgan fingerprint density at radius 2 is 1.69 bits per heavy atom. The number of carbonyl (C=O) groups excluding carboxylic acids is 1. The van der Waals surface area contributed by atoms with Crippen LogP contribution in [0.4, 0.5) is 11.6 Å². The number of aromatic amines is 1. The molecule has 4 rings (SSSR count). The summed E-state index contributed by atoms with van der Waals surface area (Å²) in [4.78, 5) is 20.2. The number of aromatic nitrogens is 4. The molecule has 2 aromatic carbocycles. The molecule has 162 valence electrons. The van der Waals surface area contributed by atoms with Crippen LogP contribution in [0, 0.1) is 0 Å². The van der Waals surface area contributed by atoms with E-state index in [-0.39, 0.29) is 16.5 Å². The number of hydrogen-bond donors (Lipinski definition) is 3. The molecule has 32 heavy (non-hydrogen) atoms. The highest BCUT2D eigenvalue weighted by atomic mass is 35.5. The van der Waals surface area contributed by atoms with Gasteiger partial charge in [-0.1, -0.05) is 23.2 Å². The molecular formula is C20H14Cl2N6O3S. The molecule has 4 aromatic rings. The lowest BCUT2D eigenvalue weighted by molar-refractivity contribution is 0.102. The second-order valence-corrected chi connectivity index (χ2v) is 8.97. The van der Waals surface area contributed by atoms with Crippen molar-refractivity contribution in [3.8, 4) is 11.3 Å². The second-order valence-electron chi connectivity index (χ2n) is 6.45. The molecular weight excluding hydrogens is 475 g/mol. The maximum Gasteiger partial charge on any atom is 0.273 e. The number of carbonyl (C=O) groups is 1. The van der Waals surface area contributed by atoms with Crippen molar-refractivity contribution in [3.05, 3.63) is 82.7 Å². The van der Waals surface area contributed by atoms with Crippen LogP contribution in [0.5, 0.6) is 0 Å². The lowest BCUT2D eigenvalue weighted by Crippen LogP contribution is -2.15. The first kappa shape index (κ1) is 21.8. The zero-order valence-electron chi connectivity index (χ0n) is 16.1.